The number of rotatable bonds is 2. The van der Waals surface area contributed by atoms with Gasteiger partial charge in [-0.25, -0.2) is 4.79 Å². The van der Waals surface area contributed by atoms with E-state index in [9.17, 15) is 9.59 Å². The molecular weight excluding hydrogens is 246 g/mol. The van der Waals surface area contributed by atoms with Crippen LogP contribution < -0.4 is 21.3 Å². The molecule has 19 heavy (non-hydrogen) atoms. The first-order chi connectivity index (χ1) is 9.22. The molecule has 2 heterocycles. The van der Waals surface area contributed by atoms with Crippen molar-refractivity contribution in [3.05, 3.63) is 39.0 Å². The van der Waals surface area contributed by atoms with Crippen LogP contribution in [0.3, 0.4) is 0 Å². The van der Waals surface area contributed by atoms with Crippen molar-refractivity contribution >= 4 is 10.9 Å². The van der Waals surface area contributed by atoms with Crippen LogP contribution >= 0.6 is 0 Å². The first-order valence-corrected chi connectivity index (χ1v) is 6.24. The number of aromatic amines is 1. The van der Waals surface area contributed by atoms with Crippen molar-refractivity contribution in [3.63, 3.8) is 0 Å². The number of methoxy groups -OCH3 is 1. The summed E-state index contributed by atoms with van der Waals surface area (Å²) in [5.74, 6) is 0.503. The maximum atomic E-state index is 12.5. The fourth-order valence-corrected chi connectivity index (χ4v) is 2.59. The molecule has 0 aliphatic carbocycles. The fraction of sp³-hybridized carbons (Fsp3) is 0.385. The molecule has 2 N–H and O–H groups in total. The van der Waals surface area contributed by atoms with Crippen LogP contribution in [0.15, 0.2) is 27.8 Å². The number of H-pyrrole nitrogens is 1. The van der Waals surface area contributed by atoms with Crippen molar-refractivity contribution in [3.8, 4) is 5.75 Å². The third-order valence-electron chi connectivity index (χ3n) is 3.55. The molecule has 0 saturated carbocycles. The van der Waals surface area contributed by atoms with Gasteiger partial charge in [0, 0.05) is 6.54 Å². The molecule has 3 rings (SSSR count). The van der Waals surface area contributed by atoms with Gasteiger partial charge in [0.1, 0.15) is 5.75 Å². The molecule has 1 fully saturated rings. The van der Waals surface area contributed by atoms with E-state index in [4.69, 9.17) is 4.74 Å². The van der Waals surface area contributed by atoms with E-state index < -0.39 is 0 Å². The maximum Gasteiger partial charge on any atom is 0.329 e. The average molecular weight is 261 g/mol. The van der Waals surface area contributed by atoms with Crippen molar-refractivity contribution in [2.24, 2.45) is 0 Å². The van der Waals surface area contributed by atoms with Crippen LogP contribution in [0.2, 0.25) is 0 Å². The zero-order chi connectivity index (χ0) is 13.4. The molecule has 1 aliphatic heterocycles. The Labute approximate surface area is 109 Å². The summed E-state index contributed by atoms with van der Waals surface area (Å²) in [5, 5.41) is 3.64. The highest BCUT2D eigenvalue weighted by atomic mass is 16.5. The highest BCUT2D eigenvalue weighted by molar-refractivity contribution is 5.83. The van der Waals surface area contributed by atoms with Crippen molar-refractivity contribution < 1.29 is 4.74 Å². The highest BCUT2D eigenvalue weighted by Gasteiger charge is 2.21. The normalized spacial score (nSPS) is 18.9. The largest absolute Gasteiger partial charge is 0.495 e. The summed E-state index contributed by atoms with van der Waals surface area (Å²) in [6.07, 6.45) is 0.790. The Balaban J connectivity index is 2.31. The molecule has 1 unspecified atom stereocenters. The molecule has 2 aromatic rings. The number of aromatic nitrogens is 2. The fourth-order valence-electron chi connectivity index (χ4n) is 2.59. The average Bonchev–Trinajstić information content (AvgIpc) is 2.92. The molecule has 0 amide bonds. The molecule has 6 nitrogen and oxygen atoms in total. The van der Waals surface area contributed by atoms with Gasteiger partial charge < -0.3 is 15.0 Å². The quantitative estimate of drug-likeness (QED) is 0.811. The predicted molar refractivity (Wildman–Crippen MR) is 71.9 cm³/mol. The molecule has 1 aromatic carbocycles. The second-order valence-corrected chi connectivity index (χ2v) is 4.63. The summed E-state index contributed by atoms with van der Waals surface area (Å²) in [6.45, 7) is 1.48. The number of fused-ring (bicyclic) bond motifs is 1. The SMILES string of the molecule is COc1cccc2c(=O)n(C3CCNC3)c(=O)[nH]c12. The zero-order valence-corrected chi connectivity index (χ0v) is 10.6. The molecule has 0 radical (unpaired) electrons. The van der Waals surface area contributed by atoms with Crippen LogP contribution in [0.4, 0.5) is 0 Å². The number of hydrogen-bond donors (Lipinski definition) is 2. The molecule has 1 aliphatic rings. The minimum absolute atomic E-state index is 0.0770. The lowest BCUT2D eigenvalue weighted by Gasteiger charge is -2.13. The molecule has 0 spiro atoms. The third-order valence-corrected chi connectivity index (χ3v) is 3.55. The Morgan fingerprint density at radius 3 is 2.89 bits per heavy atom. The van der Waals surface area contributed by atoms with Crippen LogP contribution in [-0.4, -0.2) is 29.8 Å². The second-order valence-electron chi connectivity index (χ2n) is 4.63. The lowest BCUT2D eigenvalue weighted by atomic mass is 10.2. The summed E-state index contributed by atoms with van der Waals surface area (Å²) in [6, 6.07) is 5.10. The van der Waals surface area contributed by atoms with Gasteiger partial charge in [-0.15, -0.1) is 0 Å². The van der Waals surface area contributed by atoms with Crippen molar-refractivity contribution in [2.75, 3.05) is 20.2 Å². The van der Waals surface area contributed by atoms with Crippen LogP contribution in [0.5, 0.6) is 5.75 Å². The van der Waals surface area contributed by atoms with E-state index in [2.05, 4.69) is 10.3 Å². The summed E-state index contributed by atoms with van der Waals surface area (Å²) in [5.41, 5.74) is -0.177. The number of nitrogens with zero attached hydrogens (tertiary/aromatic N) is 1. The van der Waals surface area contributed by atoms with Crippen molar-refractivity contribution in [1.29, 1.82) is 0 Å². The van der Waals surface area contributed by atoms with Gasteiger partial charge in [-0.2, -0.15) is 0 Å². The van der Waals surface area contributed by atoms with E-state index in [1.54, 1.807) is 18.2 Å². The molecule has 1 aromatic heterocycles. The number of hydrogen-bond acceptors (Lipinski definition) is 4. The summed E-state index contributed by atoms with van der Waals surface area (Å²) in [7, 11) is 1.51. The van der Waals surface area contributed by atoms with Gasteiger partial charge in [0.25, 0.3) is 5.56 Å². The summed E-state index contributed by atoms with van der Waals surface area (Å²) in [4.78, 5) is 27.3. The Kier molecular flexibility index (Phi) is 2.87. The first kappa shape index (κ1) is 12.0. The highest BCUT2D eigenvalue weighted by Crippen LogP contribution is 2.20. The van der Waals surface area contributed by atoms with Gasteiger partial charge in [0.2, 0.25) is 0 Å². The maximum absolute atomic E-state index is 12.5. The second kappa shape index (κ2) is 4.55. The van der Waals surface area contributed by atoms with E-state index in [-0.39, 0.29) is 17.3 Å². The zero-order valence-electron chi connectivity index (χ0n) is 10.6. The van der Waals surface area contributed by atoms with Crippen molar-refractivity contribution in [2.45, 2.75) is 12.5 Å². The van der Waals surface area contributed by atoms with E-state index in [0.29, 0.717) is 23.2 Å². The van der Waals surface area contributed by atoms with Crippen LogP contribution in [0.25, 0.3) is 10.9 Å². The van der Waals surface area contributed by atoms with E-state index >= 15 is 0 Å². The number of ether oxygens (including phenoxy) is 1. The third kappa shape index (κ3) is 1.84. The number of benzene rings is 1. The minimum atomic E-state index is -0.379. The molecule has 1 atom stereocenters. The van der Waals surface area contributed by atoms with E-state index in [0.717, 1.165) is 13.0 Å². The van der Waals surface area contributed by atoms with Gasteiger partial charge in [-0.1, -0.05) is 6.07 Å². The summed E-state index contributed by atoms with van der Waals surface area (Å²) >= 11 is 0. The standard InChI is InChI=1S/C13H15N3O3/c1-19-10-4-2-3-9-11(10)15-13(18)16(12(9)17)8-5-6-14-7-8/h2-4,8,14H,5-7H2,1H3,(H,15,18). The molecular formula is C13H15N3O3. The van der Waals surface area contributed by atoms with Crippen LogP contribution in [-0.2, 0) is 0 Å². The monoisotopic (exact) mass is 261 g/mol. The van der Waals surface area contributed by atoms with E-state index in [1.165, 1.54) is 11.7 Å². The Morgan fingerprint density at radius 1 is 1.37 bits per heavy atom. The first-order valence-electron chi connectivity index (χ1n) is 6.24. The Bertz CT molecular complexity index is 726. The molecule has 0 bridgehead atoms. The summed E-state index contributed by atoms with van der Waals surface area (Å²) < 4.78 is 6.48. The Hall–Kier alpha value is -2.08. The predicted octanol–water partition coefficient (Wildman–Crippen LogP) is 0.233. The molecule has 100 valence electrons. The smallest absolute Gasteiger partial charge is 0.329 e. The Morgan fingerprint density at radius 2 is 2.21 bits per heavy atom. The van der Waals surface area contributed by atoms with Gasteiger partial charge in [0.05, 0.1) is 24.1 Å². The number of nitrogens with one attached hydrogen (secondary N) is 2. The number of para-hydroxylation sites is 1. The minimum Gasteiger partial charge on any atom is -0.495 e. The van der Waals surface area contributed by atoms with E-state index in [1.807, 2.05) is 0 Å². The lowest BCUT2D eigenvalue weighted by molar-refractivity contribution is 0.418. The van der Waals surface area contributed by atoms with Gasteiger partial charge in [-0.05, 0) is 25.1 Å². The molecule has 6 heteroatoms. The van der Waals surface area contributed by atoms with Gasteiger partial charge in [-0.3, -0.25) is 9.36 Å². The van der Waals surface area contributed by atoms with Crippen LogP contribution in [0.1, 0.15) is 12.5 Å². The van der Waals surface area contributed by atoms with Crippen molar-refractivity contribution in [1.82, 2.24) is 14.9 Å². The van der Waals surface area contributed by atoms with Gasteiger partial charge in [0.15, 0.2) is 0 Å². The molecule has 1 saturated heterocycles. The van der Waals surface area contributed by atoms with Gasteiger partial charge >= 0.3 is 5.69 Å². The lowest BCUT2D eigenvalue weighted by Crippen LogP contribution is -2.38. The van der Waals surface area contributed by atoms with Crippen LogP contribution in [0, 0.1) is 0 Å². The topological polar surface area (TPSA) is 76.1 Å².